The number of hydrogen-bond acceptors (Lipinski definition) is 3. The second-order valence-electron chi connectivity index (χ2n) is 2.69. The van der Waals surface area contributed by atoms with Crippen molar-refractivity contribution in [3.05, 3.63) is 23.6 Å². The average Bonchev–Trinajstić information content (AvgIpc) is 2.14. The van der Waals surface area contributed by atoms with Gasteiger partial charge in [0.05, 0.1) is 6.61 Å². The van der Waals surface area contributed by atoms with Gasteiger partial charge >= 0.3 is 6.18 Å². The Labute approximate surface area is 82.3 Å². The molecule has 7 heteroatoms. The Hall–Kier alpha value is -1.37. The van der Waals surface area contributed by atoms with E-state index in [4.69, 9.17) is 5.11 Å². The van der Waals surface area contributed by atoms with Crippen molar-refractivity contribution in [3.63, 3.8) is 0 Å². The van der Waals surface area contributed by atoms with E-state index < -0.39 is 31.1 Å². The van der Waals surface area contributed by atoms with Crippen LogP contribution >= 0.6 is 0 Å². The number of pyridine rings is 1. The molecule has 84 valence electrons. The Morgan fingerprint density at radius 2 is 2.07 bits per heavy atom. The van der Waals surface area contributed by atoms with Crippen LogP contribution in [0.25, 0.3) is 0 Å². The Morgan fingerprint density at radius 3 is 2.53 bits per heavy atom. The minimum atomic E-state index is -4.54. The SMILES string of the molecule is OCc1cnc(OCC(F)(F)F)c(F)c1. The third kappa shape index (κ3) is 3.70. The van der Waals surface area contributed by atoms with Gasteiger partial charge in [-0.2, -0.15) is 13.2 Å². The molecule has 0 fully saturated rings. The molecule has 0 aliphatic carbocycles. The van der Waals surface area contributed by atoms with E-state index in [-0.39, 0.29) is 5.56 Å². The lowest BCUT2D eigenvalue weighted by Gasteiger charge is -2.08. The van der Waals surface area contributed by atoms with Crippen molar-refractivity contribution in [2.24, 2.45) is 0 Å². The zero-order valence-corrected chi connectivity index (χ0v) is 7.38. The largest absolute Gasteiger partial charge is 0.466 e. The number of aliphatic hydroxyl groups is 1. The minimum Gasteiger partial charge on any atom is -0.466 e. The van der Waals surface area contributed by atoms with Crippen LogP contribution in [0.1, 0.15) is 5.56 Å². The number of alkyl halides is 3. The number of halogens is 4. The molecule has 0 bridgehead atoms. The molecule has 1 N–H and O–H groups in total. The highest BCUT2D eigenvalue weighted by atomic mass is 19.4. The zero-order chi connectivity index (χ0) is 11.5. The summed E-state index contributed by atoms with van der Waals surface area (Å²) in [4.78, 5) is 3.29. The van der Waals surface area contributed by atoms with Gasteiger partial charge in [-0.3, -0.25) is 0 Å². The van der Waals surface area contributed by atoms with Crippen LogP contribution in [-0.2, 0) is 6.61 Å². The fourth-order valence-electron chi connectivity index (χ4n) is 0.808. The molecule has 15 heavy (non-hydrogen) atoms. The molecular formula is C8H7F4NO2. The van der Waals surface area contributed by atoms with Crippen LogP contribution in [0, 0.1) is 5.82 Å². The highest BCUT2D eigenvalue weighted by Gasteiger charge is 2.29. The van der Waals surface area contributed by atoms with Gasteiger partial charge in [-0.25, -0.2) is 9.37 Å². The van der Waals surface area contributed by atoms with Crippen molar-refractivity contribution in [2.45, 2.75) is 12.8 Å². The molecule has 0 aliphatic heterocycles. The smallest absolute Gasteiger partial charge is 0.422 e. The van der Waals surface area contributed by atoms with Crippen molar-refractivity contribution < 1.29 is 27.4 Å². The molecule has 0 unspecified atom stereocenters. The summed E-state index contributed by atoms with van der Waals surface area (Å²) in [5.41, 5.74) is 0.159. The molecule has 0 saturated heterocycles. The highest BCUT2D eigenvalue weighted by molar-refractivity contribution is 5.19. The van der Waals surface area contributed by atoms with Gasteiger partial charge in [0.1, 0.15) is 0 Å². The van der Waals surface area contributed by atoms with Crippen LogP contribution in [0.15, 0.2) is 12.3 Å². The van der Waals surface area contributed by atoms with E-state index in [1.165, 1.54) is 0 Å². The Bertz CT molecular complexity index is 340. The van der Waals surface area contributed by atoms with Gasteiger partial charge in [-0.1, -0.05) is 0 Å². The summed E-state index contributed by atoms with van der Waals surface area (Å²) in [6.45, 7) is -2.04. The van der Waals surface area contributed by atoms with Gasteiger partial charge < -0.3 is 9.84 Å². The molecular weight excluding hydrogens is 218 g/mol. The summed E-state index contributed by atoms with van der Waals surface area (Å²) >= 11 is 0. The van der Waals surface area contributed by atoms with E-state index in [2.05, 4.69) is 9.72 Å². The Kier molecular flexibility index (Phi) is 3.46. The van der Waals surface area contributed by atoms with Crippen LogP contribution < -0.4 is 4.74 Å². The molecule has 0 aromatic carbocycles. The first-order chi connectivity index (χ1) is 6.92. The molecule has 3 nitrogen and oxygen atoms in total. The lowest BCUT2D eigenvalue weighted by Crippen LogP contribution is -2.20. The van der Waals surface area contributed by atoms with Gasteiger partial charge in [0.15, 0.2) is 12.4 Å². The molecule has 0 aliphatic rings. The maximum Gasteiger partial charge on any atom is 0.422 e. The molecule has 0 atom stereocenters. The van der Waals surface area contributed by atoms with Gasteiger partial charge in [0.2, 0.25) is 0 Å². The van der Waals surface area contributed by atoms with Crippen LogP contribution in [0.2, 0.25) is 0 Å². The fraction of sp³-hybridized carbons (Fsp3) is 0.375. The summed E-state index contributed by atoms with van der Waals surface area (Å²) in [6.07, 6.45) is -3.50. The number of aliphatic hydroxyl groups excluding tert-OH is 1. The second-order valence-corrected chi connectivity index (χ2v) is 2.69. The summed E-state index contributed by atoms with van der Waals surface area (Å²) in [5.74, 6) is -1.77. The van der Waals surface area contributed by atoms with Crippen LogP contribution in [0.4, 0.5) is 17.6 Å². The molecule has 0 amide bonds. The molecule has 0 saturated carbocycles. The van der Waals surface area contributed by atoms with Crippen LogP contribution in [-0.4, -0.2) is 22.9 Å². The van der Waals surface area contributed by atoms with Crippen molar-refractivity contribution in [2.75, 3.05) is 6.61 Å². The van der Waals surface area contributed by atoms with E-state index in [0.29, 0.717) is 0 Å². The summed E-state index contributed by atoms with van der Waals surface area (Å²) in [6, 6.07) is 0.860. The summed E-state index contributed by atoms with van der Waals surface area (Å²) < 4.78 is 52.2. The minimum absolute atomic E-state index is 0.159. The van der Waals surface area contributed by atoms with Gasteiger partial charge in [-0.05, 0) is 11.6 Å². The number of rotatable bonds is 3. The van der Waals surface area contributed by atoms with E-state index in [1.807, 2.05) is 0 Å². The zero-order valence-electron chi connectivity index (χ0n) is 7.38. The molecule has 1 rings (SSSR count). The van der Waals surface area contributed by atoms with Crippen molar-refractivity contribution in [1.82, 2.24) is 4.98 Å². The highest BCUT2D eigenvalue weighted by Crippen LogP contribution is 2.19. The van der Waals surface area contributed by atoms with E-state index in [9.17, 15) is 17.6 Å². The third-order valence-corrected chi connectivity index (χ3v) is 1.42. The Balaban J connectivity index is 2.70. The van der Waals surface area contributed by atoms with Crippen LogP contribution in [0.5, 0.6) is 5.88 Å². The normalized spacial score (nSPS) is 11.5. The van der Waals surface area contributed by atoms with Crippen molar-refractivity contribution in [1.29, 1.82) is 0 Å². The lowest BCUT2D eigenvalue weighted by atomic mass is 10.3. The predicted molar refractivity (Wildman–Crippen MR) is 41.7 cm³/mol. The standard InChI is InChI=1S/C8H7F4NO2/c9-6-1-5(3-14)2-13-7(6)15-4-8(10,11)12/h1-2,14H,3-4H2. The van der Waals surface area contributed by atoms with E-state index in [1.54, 1.807) is 0 Å². The van der Waals surface area contributed by atoms with E-state index in [0.717, 1.165) is 12.3 Å². The first-order valence-electron chi connectivity index (χ1n) is 3.87. The average molecular weight is 225 g/mol. The number of nitrogens with zero attached hydrogens (tertiary/aromatic N) is 1. The topological polar surface area (TPSA) is 42.4 Å². The fourth-order valence-corrected chi connectivity index (χ4v) is 0.808. The summed E-state index contributed by atoms with van der Waals surface area (Å²) in [5, 5.41) is 8.58. The molecule has 1 aromatic rings. The summed E-state index contributed by atoms with van der Waals surface area (Å²) in [7, 11) is 0. The maximum atomic E-state index is 12.9. The first kappa shape index (κ1) is 11.7. The second kappa shape index (κ2) is 4.43. The number of ether oxygens (including phenoxy) is 1. The molecule has 1 heterocycles. The maximum absolute atomic E-state index is 12.9. The first-order valence-corrected chi connectivity index (χ1v) is 3.87. The van der Waals surface area contributed by atoms with Crippen molar-refractivity contribution in [3.8, 4) is 5.88 Å². The van der Waals surface area contributed by atoms with Gasteiger partial charge in [-0.15, -0.1) is 0 Å². The van der Waals surface area contributed by atoms with E-state index >= 15 is 0 Å². The molecule has 1 aromatic heterocycles. The lowest BCUT2D eigenvalue weighted by molar-refractivity contribution is -0.154. The number of aromatic nitrogens is 1. The van der Waals surface area contributed by atoms with Crippen molar-refractivity contribution >= 4 is 0 Å². The monoisotopic (exact) mass is 225 g/mol. The van der Waals surface area contributed by atoms with Gasteiger partial charge in [0.25, 0.3) is 5.88 Å². The molecule has 0 radical (unpaired) electrons. The van der Waals surface area contributed by atoms with Crippen LogP contribution in [0.3, 0.4) is 0 Å². The third-order valence-electron chi connectivity index (χ3n) is 1.42. The van der Waals surface area contributed by atoms with Gasteiger partial charge in [0, 0.05) is 6.20 Å². The number of hydrogen-bond donors (Lipinski definition) is 1. The Morgan fingerprint density at radius 1 is 1.40 bits per heavy atom. The molecule has 0 spiro atoms. The predicted octanol–water partition coefficient (Wildman–Crippen LogP) is 1.65. The quantitative estimate of drug-likeness (QED) is 0.795.